The van der Waals surface area contributed by atoms with Gasteiger partial charge in [-0.25, -0.2) is 0 Å². The number of amides is 1. The van der Waals surface area contributed by atoms with Crippen molar-refractivity contribution < 1.29 is 9.53 Å². The summed E-state index contributed by atoms with van der Waals surface area (Å²) < 4.78 is 5.45. The standard InChI is InChI=1S/C13H26N2O2/c1-5-7-15-13(16)12(4)14-8-10-17-9-6-11(2)3/h5,11-12,14H,1,6-10H2,2-4H3,(H,15,16). The van der Waals surface area contributed by atoms with E-state index in [9.17, 15) is 4.79 Å². The highest BCUT2D eigenvalue weighted by Crippen LogP contribution is 1.98. The SMILES string of the molecule is C=CCNC(=O)C(C)NCCOCCC(C)C. The van der Waals surface area contributed by atoms with Crippen LogP contribution >= 0.6 is 0 Å². The van der Waals surface area contributed by atoms with Crippen molar-refractivity contribution in [3.8, 4) is 0 Å². The molecule has 0 saturated heterocycles. The predicted octanol–water partition coefficient (Wildman–Crippen LogP) is 1.33. The highest BCUT2D eigenvalue weighted by atomic mass is 16.5. The van der Waals surface area contributed by atoms with Gasteiger partial charge in [-0.15, -0.1) is 6.58 Å². The maximum Gasteiger partial charge on any atom is 0.237 e. The molecular weight excluding hydrogens is 216 g/mol. The summed E-state index contributed by atoms with van der Waals surface area (Å²) in [5, 5.41) is 5.85. The van der Waals surface area contributed by atoms with Crippen LogP contribution in [0.4, 0.5) is 0 Å². The lowest BCUT2D eigenvalue weighted by molar-refractivity contribution is -0.122. The van der Waals surface area contributed by atoms with E-state index >= 15 is 0 Å². The van der Waals surface area contributed by atoms with Crippen molar-refractivity contribution in [2.45, 2.75) is 33.2 Å². The van der Waals surface area contributed by atoms with E-state index in [-0.39, 0.29) is 11.9 Å². The van der Waals surface area contributed by atoms with Crippen LogP contribution in [0.2, 0.25) is 0 Å². The number of rotatable bonds is 10. The van der Waals surface area contributed by atoms with Crippen LogP contribution in [0.3, 0.4) is 0 Å². The minimum atomic E-state index is -0.191. The molecule has 0 spiro atoms. The quantitative estimate of drug-likeness (QED) is 0.449. The highest BCUT2D eigenvalue weighted by molar-refractivity contribution is 5.81. The molecule has 4 nitrogen and oxygen atoms in total. The summed E-state index contributed by atoms with van der Waals surface area (Å²) in [6.45, 7) is 12.4. The Bertz CT molecular complexity index is 217. The van der Waals surface area contributed by atoms with Gasteiger partial charge in [0.15, 0.2) is 0 Å². The van der Waals surface area contributed by atoms with Gasteiger partial charge in [0, 0.05) is 19.7 Å². The first-order valence-electron chi connectivity index (χ1n) is 6.27. The van der Waals surface area contributed by atoms with Gasteiger partial charge in [0.2, 0.25) is 5.91 Å². The van der Waals surface area contributed by atoms with Crippen molar-refractivity contribution in [1.29, 1.82) is 0 Å². The Balaban J connectivity index is 3.41. The second-order valence-corrected chi connectivity index (χ2v) is 4.50. The van der Waals surface area contributed by atoms with Crippen molar-refractivity contribution in [1.82, 2.24) is 10.6 Å². The third kappa shape index (κ3) is 10.0. The van der Waals surface area contributed by atoms with E-state index in [2.05, 4.69) is 31.1 Å². The summed E-state index contributed by atoms with van der Waals surface area (Å²) in [4.78, 5) is 11.4. The fourth-order valence-electron chi connectivity index (χ4n) is 1.19. The normalized spacial score (nSPS) is 12.5. The molecule has 0 aromatic heterocycles. The van der Waals surface area contributed by atoms with Gasteiger partial charge < -0.3 is 15.4 Å². The van der Waals surface area contributed by atoms with Gasteiger partial charge >= 0.3 is 0 Å². The van der Waals surface area contributed by atoms with Crippen molar-refractivity contribution in [2.75, 3.05) is 26.3 Å². The van der Waals surface area contributed by atoms with Gasteiger partial charge in [-0.05, 0) is 19.3 Å². The fourth-order valence-corrected chi connectivity index (χ4v) is 1.19. The zero-order valence-corrected chi connectivity index (χ0v) is 11.3. The summed E-state index contributed by atoms with van der Waals surface area (Å²) in [5.74, 6) is 0.665. The number of nitrogens with one attached hydrogen (secondary N) is 2. The maximum absolute atomic E-state index is 11.4. The number of ether oxygens (including phenoxy) is 1. The summed E-state index contributed by atoms with van der Waals surface area (Å²) in [7, 11) is 0. The highest BCUT2D eigenvalue weighted by Gasteiger charge is 2.09. The molecule has 0 radical (unpaired) electrons. The Morgan fingerprint density at radius 2 is 2.06 bits per heavy atom. The monoisotopic (exact) mass is 242 g/mol. The number of carbonyl (C=O) groups is 1. The van der Waals surface area contributed by atoms with E-state index in [0.29, 0.717) is 25.6 Å². The Labute approximate surface area is 105 Å². The molecule has 1 atom stereocenters. The lowest BCUT2D eigenvalue weighted by Gasteiger charge is -2.13. The van der Waals surface area contributed by atoms with Crippen LogP contribution in [-0.2, 0) is 9.53 Å². The largest absolute Gasteiger partial charge is 0.380 e. The van der Waals surface area contributed by atoms with Crippen LogP contribution in [0, 0.1) is 5.92 Å². The van der Waals surface area contributed by atoms with Crippen LogP contribution in [0.5, 0.6) is 0 Å². The molecule has 0 aliphatic heterocycles. The molecule has 100 valence electrons. The van der Waals surface area contributed by atoms with E-state index in [1.54, 1.807) is 6.08 Å². The van der Waals surface area contributed by atoms with Gasteiger partial charge in [0.1, 0.15) is 0 Å². The molecule has 1 amide bonds. The molecule has 0 aromatic carbocycles. The first-order chi connectivity index (χ1) is 8.07. The molecule has 17 heavy (non-hydrogen) atoms. The molecule has 1 unspecified atom stereocenters. The van der Waals surface area contributed by atoms with Crippen molar-refractivity contribution in [3.63, 3.8) is 0 Å². The zero-order valence-electron chi connectivity index (χ0n) is 11.3. The Kier molecular flexibility index (Phi) is 9.77. The van der Waals surface area contributed by atoms with Gasteiger partial charge in [0.25, 0.3) is 0 Å². The molecule has 0 aliphatic carbocycles. The third-order valence-electron chi connectivity index (χ3n) is 2.35. The lowest BCUT2D eigenvalue weighted by Crippen LogP contribution is -2.43. The molecule has 0 rings (SSSR count). The van der Waals surface area contributed by atoms with E-state index < -0.39 is 0 Å². The molecular formula is C13H26N2O2. The van der Waals surface area contributed by atoms with Crippen molar-refractivity contribution >= 4 is 5.91 Å². The molecule has 2 N–H and O–H groups in total. The minimum absolute atomic E-state index is 0.00733. The maximum atomic E-state index is 11.4. The minimum Gasteiger partial charge on any atom is -0.380 e. The Morgan fingerprint density at radius 3 is 2.65 bits per heavy atom. The number of carbonyl (C=O) groups excluding carboxylic acids is 1. The van der Waals surface area contributed by atoms with Crippen LogP contribution in [0.15, 0.2) is 12.7 Å². The average molecular weight is 242 g/mol. The lowest BCUT2D eigenvalue weighted by atomic mass is 10.1. The van der Waals surface area contributed by atoms with Crippen LogP contribution in [0.1, 0.15) is 27.2 Å². The summed E-state index contributed by atoms with van der Waals surface area (Å²) in [6, 6.07) is -0.191. The van der Waals surface area contributed by atoms with Gasteiger partial charge in [-0.3, -0.25) is 4.79 Å². The smallest absolute Gasteiger partial charge is 0.237 e. The van der Waals surface area contributed by atoms with Crippen molar-refractivity contribution in [2.24, 2.45) is 5.92 Å². The Hall–Kier alpha value is -0.870. The second-order valence-electron chi connectivity index (χ2n) is 4.50. The summed E-state index contributed by atoms with van der Waals surface area (Å²) >= 11 is 0. The third-order valence-corrected chi connectivity index (χ3v) is 2.35. The van der Waals surface area contributed by atoms with E-state index in [4.69, 9.17) is 4.74 Å². The molecule has 0 aromatic rings. The average Bonchev–Trinajstić information content (AvgIpc) is 2.29. The number of hydrogen-bond acceptors (Lipinski definition) is 3. The topological polar surface area (TPSA) is 50.4 Å². The molecule has 4 heteroatoms. The van der Waals surface area contributed by atoms with Crippen LogP contribution in [-0.4, -0.2) is 38.3 Å². The number of hydrogen-bond donors (Lipinski definition) is 2. The van der Waals surface area contributed by atoms with E-state index in [1.165, 1.54) is 0 Å². The van der Waals surface area contributed by atoms with E-state index in [0.717, 1.165) is 13.0 Å². The Morgan fingerprint density at radius 1 is 1.35 bits per heavy atom. The van der Waals surface area contributed by atoms with E-state index in [1.807, 2.05) is 6.92 Å². The molecule has 0 saturated carbocycles. The first kappa shape index (κ1) is 16.1. The second kappa shape index (κ2) is 10.3. The fraction of sp³-hybridized carbons (Fsp3) is 0.769. The van der Waals surface area contributed by atoms with Crippen molar-refractivity contribution in [3.05, 3.63) is 12.7 Å². The summed E-state index contributed by atoms with van der Waals surface area (Å²) in [6.07, 6.45) is 2.75. The van der Waals surface area contributed by atoms with Gasteiger partial charge in [-0.1, -0.05) is 19.9 Å². The van der Waals surface area contributed by atoms with Gasteiger partial charge in [-0.2, -0.15) is 0 Å². The first-order valence-corrected chi connectivity index (χ1v) is 6.27. The predicted molar refractivity (Wildman–Crippen MR) is 70.9 cm³/mol. The van der Waals surface area contributed by atoms with Crippen LogP contribution < -0.4 is 10.6 Å². The summed E-state index contributed by atoms with van der Waals surface area (Å²) in [5.41, 5.74) is 0. The molecule has 0 fully saturated rings. The zero-order chi connectivity index (χ0) is 13.1. The van der Waals surface area contributed by atoms with Crippen LogP contribution in [0.25, 0.3) is 0 Å². The molecule has 0 bridgehead atoms. The molecule has 0 heterocycles. The van der Waals surface area contributed by atoms with Gasteiger partial charge in [0.05, 0.1) is 12.6 Å². The molecule has 0 aliphatic rings.